The quantitative estimate of drug-likeness (QED) is 0.658. The van der Waals surface area contributed by atoms with Gasteiger partial charge in [0, 0.05) is 12.8 Å². The zero-order valence-electron chi connectivity index (χ0n) is 10.0. The maximum absolute atomic E-state index is 10.9. The molecule has 0 spiro atoms. The van der Waals surface area contributed by atoms with E-state index in [1.807, 2.05) is 0 Å². The number of hydrogen-bond acceptors (Lipinski definition) is 3. The zero-order valence-corrected chi connectivity index (χ0v) is 10.0. The summed E-state index contributed by atoms with van der Waals surface area (Å²) in [6, 6.07) is 0. The van der Waals surface area contributed by atoms with Gasteiger partial charge in [-0.3, -0.25) is 4.79 Å². The van der Waals surface area contributed by atoms with Gasteiger partial charge in [-0.2, -0.15) is 0 Å². The lowest BCUT2D eigenvalue weighted by molar-refractivity contribution is -0.145. The van der Waals surface area contributed by atoms with E-state index >= 15 is 0 Å². The molecule has 0 unspecified atom stereocenters. The Morgan fingerprint density at radius 3 is 2.60 bits per heavy atom. The van der Waals surface area contributed by atoms with Crippen molar-refractivity contribution in [3.8, 4) is 0 Å². The highest BCUT2D eigenvalue weighted by atomic mass is 16.5. The Morgan fingerprint density at radius 2 is 2.13 bits per heavy atom. The Bertz CT molecular complexity index is 280. The van der Waals surface area contributed by atoms with Gasteiger partial charge in [0.25, 0.3) is 0 Å². The molecule has 0 saturated carbocycles. The maximum atomic E-state index is 10.9. The topological polar surface area (TPSA) is 35.5 Å². The van der Waals surface area contributed by atoms with Crippen LogP contribution in [0.4, 0.5) is 0 Å². The summed E-state index contributed by atoms with van der Waals surface area (Å²) in [5.74, 6) is 0.129. The van der Waals surface area contributed by atoms with Gasteiger partial charge in [0.15, 0.2) is 0 Å². The molecule has 2 aliphatic rings. The molecule has 2 saturated heterocycles. The lowest BCUT2D eigenvalue weighted by Gasteiger charge is -2.38. The van der Waals surface area contributed by atoms with E-state index in [9.17, 15) is 4.79 Å². The standard InChI is InChI=1S/C12H20O3/c1-8(13)14-7-9-11(2,3)10-5-6-12(9,4)15-10/h9-10H,5-7H2,1-4H3/t9-,10-,12+/m0/s1. The van der Waals surface area contributed by atoms with Crippen LogP contribution in [0.5, 0.6) is 0 Å². The van der Waals surface area contributed by atoms with E-state index in [2.05, 4.69) is 20.8 Å². The molecule has 0 aromatic heterocycles. The molecule has 0 aromatic rings. The monoisotopic (exact) mass is 212 g/mol. The minimum absolute atomic E-state index is 0.0797. The second-order valence-electron chi connectivity index (χ2n) is 5.63. The summed E-state index contributed by atoms with van der Waals surface area (Å²) in [4.78, 5) is 10.9. The van der Waals surface area contributed by atoms with Crippen LogP contribution in [0.3, 0.4) is 0 Å². The molecule has 0 radical (unpaired) electrons. The van der Waals surface area contributed by atoms with E-state index in [0.717, 1.165) is 12.8 Å². The number of esters is 1. The van der Waals surface area contributed by atoms with Crippen molar-refractivity contribution in [3.05, 3.63) is 0 Å². The Morgan fingerprint density at radius 1 is 1.47 bits per heavy atom. The third-order valence-corrected chi connectivity index (χ3v) is 4.23. The molecule has 86 valence electrons. The van der Waals surface area contributed by atoms with Crippen molar-refractivity contribution in [2.45, 2.75) is 52.2 Å². The molecule has 2 bridgehead atoms. The van der Waals surface area contributed by atoms with Crippen molar-refractivity contribution in [2.24, 2.45) is 11.3 Å². The molecule has 2 heterocycles. The number of carbonyl (C=O) groups is 1. The summed E-state index contributed by atoms with van der Waals surface area (Å²) in [6.07, 6.45) is 2.57. The molecular weight excluding hydrogens is 192 g/mol. The van der Waals surface area contributed by atoms with Crippen LogP contribution >= 0.6 is 0 Å². The highest BCUT2D eigenvalue weighted by Crippen LogP contribution is 2.57. The van der Waals surface area contributed by atoms with E-state index in [4.69, 9.17) is 9.47 Å². The Labute approximate surface area is 91.1 Å². The summed E-state index contributed by atoms with van der Waals surface area (Å²) < 4.78 is 11.2. The average molecular weight is 212 g/mol. The second kappa shape index (κ2) is 3.21. The Hall–Kier alpha value is -0.570. The summed E-state index contributed by atoms with van der Waals surface area (Å²) in [5, 5.41) is 0. The van der Waals surface area contributed by atoms with Gasteiger partial charge in [-0.15, -0.1) is 0 Å². The van der Waals surface area contributed by atoms with E-state index in [0.29, 0.717) is 18.6 Å². The minimum Gasteiger partial charge on any atom is -0.465 e. The minimum atomic E-state index is -0.197. The summed E-state index contributed by atoms with van der Waals surface area (Å²) in [6.45, 7) is 8.54. The Balaban J connectivity index is 2.12. The molecule has 2 rings (SSSR count). The van der Waals surface area contributed by atoms with E-state index in [-0.39, 0.29) is 17.0 Å². The third kappa shape index (κ3) is 1.57. The third-order valence-electron chi connectivity index (χ3n) is 4.23. The van der Waals surface area contributed by atoms with Gasteiger partial charge in [-0.1, -0.05) is 13.8 Å². The first-order chi connectivity index (χ1) is 6.86. The molecule has 3 nitrogen and oxygen atoms in total. The second-order valence-corrected chi connectivity index (χ2v) is 5.63. The smallest absolute Gasteiger partial charge is 0.302 e. The first-order valence-electron chi connectivity index (χ1n) is 5.67. The van der Waals surface area contributed by atoms with Crippen molar-refractivity contribution in [1.82, 2.24) is 0 Å². The number of hydrogen-bond donors (Lipinski definition) is 0. The Kier molecular flexibility index (Phi) is 2.34. The van der Waals surface area contributed by atoms with E-state index in [1.54, 1.807) is 0 Å². The fraction of sp³-hybridized carbons (Fsp3) is 0.917. The first kappa shape index (κ1) is 10.9. The van der Waals surface area contributed by atoms with Crippen molar-refractivity contribution < 1.29 is 14.3 Å². The predicted molar refractivity (Wildman–Crippen MR) is 56.4 cm³/mol. The lowest BCUT2D eigenvalue weighted by Crippen LogP contribution is -2.43. The van der Waals surface area contributed by atoms with Crippen LogP contribution in [0.2, 0.25) is 0 Å². The van der Waals surface area contributed by atoms with Gasteiger partial charge in [0.05, 0.1) is 18.3 Å². The predicted octanol–water partition coefficient (Wildman–Crippen LogP) is 2.14. The largest absolute Gasteiger partial charge is 0.465 e. The molecule has 15 heavy (non-hydrogen) atoms. The fourth-order valence-electron chi connectivity index (χ4n) is 3.24. The zero-order chi connectivity index (χ0) is 11.3. The average Bonchev–Trinajstić information content (AvgIpc) is 2.54. The van der Waals surface area contributed by atoms with Crippen LogP contribution < -0.4 is 0 Å². The van der Waals surface area contributed by atoms with Crippen LogP contribution in [-0.2, 0) is 14.3 Å². The van der Waals surface area contributed by atoms with Gasteiger partial charge in [0.1, 0.15) is 0 Å². The highest BCUT2D eigenvalue weighted by Gasteiger charge is 2.61. The van der Waals surface area contributed by atoms with Gasteiger partial charge in [-0.05, 0) is 25.2 Å². The fourth-order valence-corrected chi connectivity index (χ4v) is 3.24. The molecule has 2 aliphatic heterocycles. The van der Waals surface area contributed by atoms with Crippen LogP contribution in [0.1, 0.15) is 40.5 Å². The van der Waals surface area contributed by atoms with E-state index in [1.165, 1.54) is 6.92 Å². The summed E-state index contributed by atoms with van der Waals surface area (Å²) >= 11 is 0. The number of fused-ring (bicyclic) bond motifs is 2. The first-order valence-corrected chi connectivity index (χ1v) is 5.67. The number of rotatable bonds is 2. The van der Waals surface area contributed by atoms with Gasteiger partial charge in [0.2, 0.25) is 0 Å². The molecular formula is C12H20O3. The molecule has 2 fully saturated rings. The van der Waals surface area contributed by atoms with Gasteiger partial charge >= 0.3 is 5.97 Å². The SMILES string of the molecule is CC(=O)OC[C@H]1C(C)(C)[C@@H]2CC[C@@]1(C)O2. The van der Waals surface area contributed by atoms with E-state index < -0.39 is 0 Å². The summed E-state index contributed by atoms with van der Waals surface area (Å²) in [7, 11) is 0. The van der Waals surface area contributed by atoms with Crippen molar-refractivity contribution in [1.29, 1.82) is 0 Å². The van der Waals surface area contributed by atoms with Crippen LogP contribution in [0, 0.1) is 11.3 Å². The molecule has 0 aromatic carbocycles. The molecule has 3 heteroatoms. The molecule has 0 amide bonds. The molecule has 0 N–H and O–H groups in total. The number of ether oxygens (including phenoxy) is 2. The van der Waals surface area contributed by atoms with Gasteiger partial charge < -0.3 is 9.47 Å². The van der Waals surface area contributed by atoms with Crippen molar-refractivity contribution in [2.75, 3.05) is 6.61 Å². The van der Waals surface area contributed by atoms with Gasteiger partial charge in [-0.25, -0.2) is 0 Å². The lowest BCUT2D eigenvalue weighted by atomic mass is 9.64. The molecule has 3 atom stereocenters. The van der Waals surface area contributed by atoms with Crippen LogP contribution in [0.15, 0.2) is 0 Å². The van der Waals surface area contributed by atoms with Crippen molar-refractivity contribution >= 4 is 5.97 Å². The normalized spacial score (nSPS) is 41.9. The molecule has 0 aliphatic carbocycles. The summed E-state index contributed by atoms with van der Waals surface area (Å²) in [5.41, 5.74) is 0.0477. The maximum Gasteiger partial charge on any atom is 0.302 e. The highest BCUT2D eigenvalue weighted by molar-refractivity contribution is 5.65. The van der Waals surface area contributed by atoms with Crippen LogP contribution in [-0.4, -0.2) is 24.3 Å². The number of carbonyl (C=O) groups excluding carboxylic acids is 1. The van der Waals surface area contributed by atoms with Crippen molar-refractivity contribution in [3.63, 3.8) is 0 Å². The van der Waals surface area contributed by atoms with Crippen LogP contribution in [0.25, 0.3) is 0 Å².